The molecule has 0 aliphatic rings. The summed E-state index contributed by atoms with van der Waals surface area (Å²) in [6.07, 6.45) is 0. The van der Waals surface area contributed by atoms with Crippen LogP contribution in [-0.2, 0) is 10.0 Å². The van der Waals surface area contributed by atoms with E-state index in [0.29, 0.717) is 4.47 Å². The van der Waals surface area contributed by atoms with Gasteiger partial charge in [-0.15, -0.1) is 0 Å². The van der Waals surface area contributed by atoms with Gasteiger partial charge in [-0.05, 0) is 58.4 Å². The summed E-state index contributed by atoms with van der Waals surface area (Å²) in [5, 5.41) is 2.91. The summed E-state index contributed by atoms with van der Waals surface area (Å²) in [5.41, 5.74) is 1.09. The summed E-state index contributed by atoms with van der Waals surface area (Å²) in [6.45, 7) is 0. The summed E-state index contributed by atoms with van der Waals surface area (Å²) in [5.74, 6) is -0.446. The maximum atomic E-state index is 13.0. The lowest BCUT2D eigenvalue weighted by Gasteiger charge is -2.10. The van der Waals surface area contributed by atoms with Crippen LogP contribution in [0.3, 0.4) is 0 Å². The number of halogens is 2. The summed E-state index contributed by atoms with van der Waals surface area (Å²) in [7, 11) is -1.96. The van der Waals surface area contributed by atoms with Crippen molar-refractivity contribution in [1.29, 1.82) is 0 Å². The van der Waals surface area contributed by atoms with Gasteiger partial charge in [0.15, 0.2) is 0 Å². The van der Waals surface area contributed by atoms with Crippen molar-refractivity contribution in [3.05, 3.63) is 52.8 Å². The average molecular weight is 359 g/mol. The van der Waals surface area contributed by atoms with Crippen LogP contribution in [0.15, 0.2) is 51.8 Å². The number of sulfonamides is 1. The summed E-state index contributed by atoms with van der Waals surface area (Å²) in [4.78, 5) is 0.132. The Labute approximate surface area is 125 Å². The van der Waals surface area contributed by atoms with E-state index in [1.54, 1.807) is 19.2 Å². The van der Waals surface area contributed by atoms with E-state index in [4.69, 9.17) is 0 Å². The lowest BCUT2D eigenvalue weighted by Crippen LogP contribution is -2.13. The van der Waals surface area contributed by atoms with E-state index in [1.165, 1.54) is 30.3 Å². The maximum Gasteiger partial charge on any atom is 0.261 e. The Hall–Kier alpha value is -1.60. The van der Waals surface area contributed by atoms with E-state index in [-0.39, 0.29) is 10.6 Å². The van der Waals surface area contributed by atoms with E-state index in [9.17, 15) is 12.8 Å². The monoisotopic (exact) mass is 358 g/mol. The summed E-state index contributed by atoms with van der Waals surface area (Å²) >= 11 is 3.12. The van der Waals surface area contributed by atoms with E-state index >= 15 is 0 Å². The van der Waals surface area contributed by atoms with E-state index in [0.717, 1.165) is 5.69 Å². The van der Waals surface area contributed by atoms with Gasteiger partial charge < -0.3 is 5.32 Å². The number of benzene rings is 2. The van der Waals surface area contributed by atoms with Crippen LogP contribution in [0.1, 0.15) is 0 Å². The van der Waals surface area contributed by atoms with Crippen molar-refractivity contribution in [3.8, 4) is 0 Å². The van der Waals surface area contributed by atoms with E-state index < -0.39 is 15.8 Å². The van der Waals surface area contributed by atoms with Crippen LogP contribution in [0.25, 0.3) is 0 Å². The molecule has 0 aliphatic carbocycles. The molecule has 20 heavy (non-hydrogen) atoms. The first kappa shape index (κ1) is 14.8. The van der Waals surface area contributed by atoms with Crippen LogP contribution >= 0.6 is 15.9 Å². The summed E-state index contributed by atoms with van der Waals surface area (Å²) < 4.78 is 40.1. The first-order valence-corrected chi connectivity index (χ1v) is 7.96. The van der Waals surface area contributed by atoms with E-state index in [2.05, 4.69) is 26.0 Å². The van der Waals surface area contributed by atoms with Crippen molar-refractivity contribution in [2.45, 2.75) is 4.90 Å². The highest BCUT2D eigenvalue weighted by Gasteiger charge is 2.15. The predicted molar refractivity (Wildman–Crippen MR) is 80.9 cm³/mol. The second-order valence-corrected chi connectivity index (χ2v) is 6.54. The molecule has 0 aromatic heterocycles. The van der Waals surface area contributed by atoms with Crippen molar-refractivity contribution in [2.24, 2.45) is 0 Å². The minimum Gasteiger partial charge on any atom is -0.388 e. The molecule has 0 radical (unpaired) electrons. The molecule has 4 nitrogen and oxygen atoms in total. The zero-order valence-corrected chi connectivity index (χ0v) is 12.9. The average Bonchev–Trinajstić information content (AvgIpc) is 2.42. The second kappa shape index (κ2) is 5.80. The smallest absolute Gasteiger partial charge is 0.261 e. The molecule has 0 bridgehead atoms. The SMILES string of the molecule is CNc1ccc(S(=O)(=O)Nc2ccc(F)cc2Br)cc1. The van der Waals surface area contributed by atoms with Gasteiger partial charge in [0.05, 0.1) is 10.6 Å². The van der Waals surface area contributed by atoms with Crippen molar-refractivity contribution < 1.29 is 12.8 Å². The fourth-order valence-corrected chi connectivity index (χ4v) is 3.24. The highest BCUT2D eigenvalue weighted by atomic mass is 79.9. The standard InChI is InChI=1S/C13H12BrFN2O2S/c1-16-10-3-5-11(6-4-10)20(18,19)17-13-7-2-9(15)8-12(13)14/h2-8,16-17H,1H3. The number of hydrogen-bond donors (Lipinski definition) is 2. The van der Waals surface area contributed by atoms with Crippen molar-refractivity contribution in [1.82, 2.24) is 0 Å². The Bertz CT molecular complexity index is 718. The van der Waals surface area contributed by atoms with Crippen molar-refractivity contribution in [3.63, 3.8) is 0 Å². The molecule has 0 unspecified atom stereocenters. The minimum atomic E-state index is -3.70. The molecule has 7 heteroatoms. The minimum absolute atomic E-state index is 0.132. The molecule has 0 spiro atoms. The third-order valence-electron chi connectivity index (χ3n) is 2.63. The molecular formula is C13H12BrFN2O2S. The molecule has 0 saturated heterocycles. The van der Waals surface area contributed by atoms with Crippen LogP contribution < -0.4 is 10.0 Å². The first-order valence-electron chi connectivity index (χ1n) is 5.68. The number of anilines is 2. The van der Waals surface area contributed by atoms with E-state index in [1.807, 2.05) is 0 Å². The van der Waals surface area contributed by atoms with Gasteiger partial charge in [-0.1, -0.05) is 0 Å². The number of hydrogen-bond acceptors (Lipinski definition) is 3. The fraction of sp³-hybridized carbons (Fsp3) is 0.0769. The molecular weight excluding hydrogens is 347 g/mol. The number of nitrogens with one attached hydrogen (secondary N) is 2. The van der Waals surface area contributed by atoms with Gasteiger partial charge in [0.2, 0.25) is 0 Å². The van der Waals surface area contributed by atoms with Gasteiger partial charge in [-0.2, -0.15) is 0 Å². The molecule has 2 rings (SSSR count). The molecule has 0 amide bonds. The lowest BCUT2D eigenvalue weighted by molar-refractivity contribution is 0.601. The van der Waals surface area contributed by atoms with Crippen LogP contribution in [-0.4, -0.2) is 15.5 Å². The van der Waals surface area contributed by atoms with Crippen molar-refractivity contribution in [2.75, 3.05) is 17.1 Å². The zero-order valence-electron chi connectivity index (χ0n) is 10.5. The van der Waals surface area contributed by atoms with Crippen molar-refractivity contribution >= 4 is 37.3 Å². The Balaban J connectivity index is 2.30. The Kier molecular flexibility index (Phi) is 4.29. The second-order valence-electron chi connectivity index (χ2n) is 4.00. The molecule has 2 aromatic carbocycles. The third-order valence-corrected chi connectivity index (χ3v) is 4.67. The molecule has 106 valence electrons. The van der Waals surface area contributed by atoms with Gasteiger partial charge in [0.25, 0.3) is 10.0 Å². The van der Waals surface area contributed by atoms with Crippen LogP contribution in [0, 0.1) is 5.82 Å². The predicted octanol–water partition coefficient (Wildman–Crippen LogP) is 3.43. The molecule has 0 atom stereocenters. The number of rotatable bonds is 4. The van der Waals surface area contributed by atoms with Gasteiger partial charge in [-0.3, -0.25) is 4.72 Å². The van der Waals surface area contributed by atoms with Crippen LogP contribution in [0.2, 0.25) is 0 Å². The highest BCUT2D eigenvalue weighted by Crippen LogP contribution is 2.26. The van der Waals surface area contributed by atoms with Crippen LogP contribution in [0.4, 0.5) is 15.8 Å². The largest absolute Gasteiger partial charge is 0.388 e. The molecule has 0 aliphatic heterocycles. The third kappa shape index (κ3) is 3.29. The molecule has 2 N–H and O–H groups in total. The Morgan fingerprint density at radius 2 is 1.75 bits per heavy atom. The molecule has 2 aromatic rings. The van der Waals surface area contributed by atoms with Gasteiger partial charge in [-0.25, -0.2) is 12.8 Å². The molecule has 0 saturated carbocycles. The maximum absolute atomic E-state index is 13.0. The Morgan fingerprint density at radius 1 is 1.10 bits per heavy atom. The Morgan fingerprint density at radius 3 is 2.30 bits per heavy atom. The summed E-state index contributed by atoms with van der Waals surface area (Å²) in [6, 6.07) is 10.0. The first-order chi connectivity index (χ1) is 9.42. The lowest BCUT2D eigenvalue weighted by atomic mass is 10.3. The molecule has 0 fully saturated rings. The zero-order chi connectivity index (χ0) is 14.8. The highest BCUT2D eigenvalue weighted by molar-refractivity contribution is 9.10. The normalized spacial score (nSPS) is 11.2. The molecule has 0 heterocycles. The van der Waals surface area contributed by atoms with Gasteiger partial charge in [0.1, 0.15) is 5.82 Å². The van der Waals surface area contributed by atoms with Gasteiger partial charge in [0, 0.05) is 17.2 Å². The topological polar surface area (TPSA) is 58.2 Å². The quantitative estimate of drug-likeness (QED) is 0.880. The van der Waals surface area contributed by atoms with Gasteiger partial charge >= 0.3 is 0 Å². The van der Waals surface area contributed by atoms with Crippen LogP contribution in [0.5, 0.6) is 0 Å². The fourth-order valence-electron chi connectivity index (χ4n) is 1.58.